The average molecular weight is 333 g/mol. The zero-order valence-electron chi connectivity index (χ0n) is 14.7. The standard InChI is InChI=1S/C19H27NO4/c1-13(12-15(21)14-6-5-11-20-14)7-8-16(22)19(4)10-9-17(24-19)18(2,3)23/h5-8,11-12,16-17,20,22-23H,9-10H2,1-4H3. The van der Waals surface area contributed by atoms with Gasteiger partial charge in [-0.3, -0.25) is 4.79 Å². The molecule has 24 heavy (non-hydrogen) atoms. The topological polar surface area (TPSA) is 82.5 Å². The predicted molar refractivity (Wildman–Crippen MR) is 92.8 cm³/mol. The Kier molecular flexibility index (Phi) is 5.48. The molecule has 1 saturated heterocycles. The van der Waals surface area contributed by atoms with Gasteiger partial charge in [0.2, 0.25) is 5.78 Å². The van der Waals surface area contributed by atoms with Crippen molar-refractivity contribution in [2.45, 2.75) is 63.9 Å². The fourth-order valence-corrected chi connectivity index (χ4v) is 2.84. The van der Waals surface area contributed by atoms with Crippen LogP contribution in [0.25, 0.3) is 0 Å². The van der Waals surface area contributed by atoms with Gasteiger partial charge in [-0.25, -0.2) is 0 Å². The van der Waals surface area contributed by atoms with Gasteiger partial charge in [0.15, 0.2) is 0 Å². The average Bonchev–Trinajstić information content (AvgIpc) is 3.14. The largest absolute Gasteiger partial charge is 0.388 e. The molecule has 0 radical (unpaired) electrons. The highest BCUT2D eigenvalue weighted by Crippen LogP contribution is 2.37. The van der Waals surface area contributed by atoms with Gasteiger partial charge in [-0.1, -0.05) is 12.2 Å². The van der Waals surface area contributed by atoms with E-state index in [4.69, 9.17) is 4.74 Å². The van der Waals surface area contributed by atoms with Gasteiger partial charge in [-0.15, -0.1) is 0 Å². The smallest absolute Gasteiger partial charge is 0.202 e. The Bertz CT molecular complexity index is 624. The van der Waals surface area contributed by atoms with Crippen LogP contribution in [-0.2, 0) is 4.74 Å². The third-order valence-corrected chi connectivity index (χ3v) is 4.49. The van der Waals surface area contributed by atoms with Crippen molar-refractivity contribution in [2.24, 2.45) is 0 Å². The first-order valence-corrected chi connectivity index (χ1v) is 8.24. The Morgan fingerprint density at radius 2 is 2.25 bits per heavy atom. The van der Waals surface area contributed by atoms with E-state index in [0.29, 0.717) is 18.5 Å². The van der Waals surface area contributed by atoms with E-state index in [1.165, 1.54) is 6.08 Å². The van der Waals surface area contributed by atoms with Gasteiger partial charge in [0, 0.05) is 6.20 Å². The van der Waals surface area contributed by atoms with Crippen molar-refractivity contribution in [2.75, 3.05) is 0 Å². The monoisotopic (exact) mass is 333 g/mol. The highest BCUT2D eigenvalue weighted by molar-refractivity contribution is 6.03. The Labute approximate surface area is 143 Å². The highest BCUT2D eigenvalue weighted by atomic mass is 16.5. The highest BCUT2D eigenvalue weighted by Gasteiger charge is 2.45. The SMILES string of the molecule is CC(C=CC(O)C1(C)CCC(C(C)(C)O)O1)=CC(=O)c1ccc[nH]1. The molecule has 0 bridgehead atoms. The minimum absolute atomic E-state index is 0.109. The van der Waals surface area contributed by atoms with E-state index < -0.39 is 17.3 Å². The van der Waals surface area contributed by atoms with Crippen LogP contribution in [0.4, 0.5) is 0 Å². The third-order valence-electron chi connectivity index (χ3n) is 4.49. The summed E-state index contributed by atoms with van der Waals surface area (Å²) in [6.45, 7) is 7.08. The first-order chi connectivity index (χ1) is 11.1. The maximum Gasteiger partial charge on any atom is 0.202 e. The summed E-state index contributed by atoms with van der Waals surface area (Å²) in [5.74, 6) is -0.109. The molecule has 2 heterocycles. The van der Waals surface area contributed by atoms with Crippen LogP contribution in [-0.4, -0.2) is 44.4 Å². The van der Waals surface area contributed by atoms with Gasteiger partial charge in [0.25, 0.3) is 0 Å². The molecule has 1 aromatic rings. The van der Waals surface area contributed by atoms with Gasteiger partial charge in [-0.05, 0) is 64.3 Å². The number of rotatable bonds is 6. The molecule has 1 aliphatic rings. The first-order valence-electron chi connectivity index (χ1n) is 8.24. The molecule has 1 fully saturated rings. The van der Waals surface area contributed by atoms with Crippen molar-refractivity contribution in [1.82, 2.24) is 4.98 Å². The number of allylic oxidation sites excluding steroid dienone is 3. The summed E-state index contributed by atoms with van der Waals surface area (Å²) in [6, 6.07) is 3.49. The van der Waals surface area contributed by atoms with Gasteiger partial charge in [0.1, 0.15) is 6.10 Å². The molecular formula is C19H27NO4. The van der Waals surface area contributed by atoms with E-state index in [-0.39, 0.29) is 11.9 Å². The number of aliphatic hydroxyl groups is 2. The lowest BCUT2D eigenvalue weighted by molar-refractivity contribution is -0.143. The Morgan fingerprint density at radius 1 is 1.54 bits per heavy atom. The fraction of sp³-hybridized carbons (Fsp3) is 0.526. The van der Waals surface area contributed by atoms with E-state index in [9.17, 15) is 15.0 Å². The van der Waals surface area contributed by atoms with Crippen LogP contribution < -0.4 is 0 Å². The fourth-order valence-electron chi connectivity index (χ4n) is 2.84. The quantitative estimate of drug-likeness (QED) is 0.425. The molecule has 0 spiro atoms. The molecule has 132 valence electrons. The van der Waals surface area contributed by atoms with Crippen LogP contribution in [0.5, 0.6) is 0 Å². The molecule has 0 amide bonds. The Morgan fingerprint density at radius 3 is 2.79 bits per heavy atom. The van der Waals surface area contributed by atoms with Gasteiger partial charge < -0.3 is 19.9 Å². The molecule has 0 aliphatic carbocycles. The van der Waals surface area contributed by atoms with Crippen molar-refractivity contribution in [3.8, 4) is 0 Å². The van der Waals surface area contributed by atoms with Crippen molar-refractivity contribution in [3.63, 3.8) is 0 Å². The molecule has 0 saturated carbocycles. The summed E-state index contributed by atoms with van der Waals surface area (Å²) >= 11 is 0. The van der Waals surface area contributed by atoms with E-state index in [1.54, 1.807) is 44.3 Å². The van der Waals surface area contributed by atoms with E-state index >= 15 is 0 Å². The second kappa shape index (κ2) is 7.05. The second-order valence-corrected chi connectivity index (χ2v) is 7.25. The number of ketones is 1. The summed E-state index contributed by atoms with van der Waals surface area (Å²) < 4.78 is 5.90. The zero-order valence-corrected chi connectivity index (χ0v) is 14.7. The van der Waals surface area contributed by atoms with Gasteiger partial charge in [0.05, 0.1) is 23.0 Å². The van der Waals surface area contributed by atoms with Crippen molar-refractivity contribution >= 4 is 5.78 Å². The summed E-state index contributed by atoms with van der Waals surface area (Å²) in [4.78, 5) is 14.8. The number of nitrogens with one attached hydrogen (secondary N) is 1. The van der Waals surface area contributed by atoms with E-state index in [0.717, 1.165) is 5.57 Å². The molecule has 5 heteroatoms. The summed E-state index contributed by atoms with van der Waals surface area (Å²) in [5.41, 5.74) is -0.388. The molecular weight excluding hydrogens is 306 g/mol. The minimum Gasteiger partial charge on any atom is -0.388 e. The molecule has 1 aromatic heterocycles. The van der Waals surface area contributed by atoms with Crippen LogP contribution in [0, 0.1) is 0 Å². The molecule has 5 nitrogen and oxygen atoms in total. The molecule has 1 aliphatic heterocycles. The summed E-state index contributed by atoms with van der Waals surface area (Å²) in [5, 5.41) is 20.5. The van der Waals surface area contributed by atoms with Crippen LogP contribution >= 0.6 is 0 Å². The summed E-state index contributed by atoms with van der Waals surface area (Å²) in [7, 11) is 0. The van der Waals surface area contributed by atoms with Crippen LogP contribution in [0.2, 0.25) is 0 Å². The number of ether oxygens (including phenoxy) is 1. The molecule has 0 aromatic carbocycles. The van der Waals surface area contributed by atoms with Gasteiger partial charge >= 0.3 is 0 Å². The maximum atomic E-state index is 12.0. The number of hydrogen-bond acceptors (Lipinski definition) is 4. The number of H-pyrrole nitrogens is 1. The zero-order chi connectivity index (χ0) is 18.0. The number of aromatic nitrogens is 1. The lowest BCUT2D eigenvalue weighted by Crippen LogP contribution is -2.42. The number of aromatic amines is 1. The van der Waals surface area contributed by atoms with Crippen molar-refractivity contribution in [1.29, 1.82) is 0 Å². The normalized spacial score (nSPS) is 26.9. The molecule has 2 rings (SSSR count). The van der Waals surface area contributed by atoms with E-state index in [2.05, 4.69) is 4.98 Å². The van der Waals surface area contributed by atoms with Crippen molar-refractivity contribution in [3.05, 3.63) is 47.8 Å². The van der Waals surface area contributed by atoms with Crippen LogP contribution in [0.15, 0.2) is 42.1 Å². The maximum absolute atomic E-state index is 12.0. The second-order valence-electron chi connectivity index (χ2n) is 7.25. The van der Waals surface area contributed by atoms with Crippen LogP contribution in [0.1, 0.15) is 51.0 Å². The molecule has 3 atom stereocenters. The lowest BCUT2D eigenvalue weighted by atomic mass is 9.93. The minimum atomic E-state index is -0.931. The van der Waals surface area contributed by atoms with Crippen molar-refractivity contribution < 1.29 is 19.7 Å². The number of hydrogen-bond donors (Lipinski definition) is 3. The van der Waals surface area contributed by atoms with E-state index in [1.807, 2.05) is 13.8 Å². The third kappa shape index (κ3) is 4.44. The number of carbonyl (C=O) groups excluding carboxylic acids is 1. The number of aliphatic hydroxyl groups excluding tert-OH is 1. The summed E-state index contributed by atoms with van der Waals surface area (Å²) in [6.07, 6.45) is 6.84. The molecule has 3 unspecified atom stereocenters. The number of carbonyl (C=O) groups is 1. The van der Waals surface area contributed by atoms with Crippen LogP contribution in [0.3, 0.4) is 0 Å². The van der Waals surface area contributed by atoms with Gasteiger partial charge in [-0.2, -0.15) is 0 Å². The lowest BCUT2D eigenvalue weighted by Gasteiger charge is -2.32. The Balaban J connectivity index is 1.99. The predicted octanol–water partition coefficient (Wildman–Crippen LogP) is 2.77. The first kappa shape index (κ1) is 18.6. The molecule has 3 N–H and O–H groups in total. The Hall–Kier alpha value is -1.69.